The van der Waals surface area contributed by atoms with Crippen LogP contribution in [0, 0.1) is 11.3 Å². The van der Waals surface area contributed by atoms with Gasteiger partial charge in [-0.25, -0.2) is 0 Å². The maximum Gasteiger partial charge on any atom is 0.224 e. The lowest BCUT2D eigenvalue weighted by molar-refractivity contribution is -0.116. The number of amides is 1. The fourth-order valence-corrected chi connectivity index (χ4v) is 3.39. The Hall–Kier alpha value is -1.35. The molecule has 3 rings (SSSR count). The summed E-state index contributed by atoms with van der Waals surface area (Å²) in [4.78, 5) is 11.4. The summed E-state index contributed by atoms with van der Waals surface area (Å²) < 4.78 is 0. The van der Waals surface area contributed by atoms with Crippen LogP contribution in [0.1, 0.15) is 50.8 Å². The van der Waals surface area contributed by atoms with Crippen molar-refractivity contribution in [2.24, 2.45) is 11.3 Å². The number of anilines is 1. The molecular formula is C17H24N2O. The molecular weight excluding hydrogens is 248 g/mol. The van der Waals surface area contributed by atoms with Crippen LogP contribution in [0.5, 0.6) is 0 Å². The van der Waals surface area contributed by atoms with E-state index >= 15 is 0 Å². The van der Waals surface area contributed by atoms with E-state index in [4.69, 9.17) is 0 Å². The number of carbonyl (C=O) groups is 1. The zero-order chi connectivity index (χ0) is 14.3. The Morgan fingerprint density at radius 2 is 2.15 bits per heavy atom. The van der Waals surface area contributed by atoms with Crippen LogP contribution in [0.25, 0.3) is 0 Å². The second kappa shape index (κ2) is 4.88. The molecule has 2 unspecified atom stereocenters. The fraction of sp³-hybridized carbons (Fsp3) is 0.588. The molecule has 20 heavy (non-hydrogen) atoms. The lowest BCUT2D eigenvalue weighted by Gasteiger charge is -2.23. The zero-order valence-corrected chi connectivity index (χ0v) is 12.6. The predicted octanol–water partition coefficient (Wildman–Crippen LogP) is 3.27. The average Bonchev–Trinajstić information content (AvgIpc) is 3.04. The van der Waals surface area contributed by atoms with Gasteiger partial charge in [0.2, 0.25) is 5.91 Å². The van der Waals surface area contributed by atoms with Gasteiger partial charge in [-0.2, -0.15) is 0 Å². The van der Waals surface area contributed by atoms with Crippen molar-refractivity contribution in [1.29, 1.82) is 0 Å². The topological polar surface area (TPSA) is 41.1 Å². The molecule has 1 saturated carbocycles. The standard InChI is InChI=1S/C17H24N2O/c1-4-18-16(13-10-17(13,2)3)12-5-7-14-11(9-12)6-8-15(20)19-14/h5,7,9,13,16,18H,4,6,8,10H2,1-3H3,(H,19,20). The molecule has 1 aliphatic heterocycles. The first-order valence-electron chi connectivity index (χ1n) is 7.67. The first kappa shape index (κ1) is 13.6. The summed E-state index contributed by atoms with van der Waals surface area (Å²) in [7, 11) is 0. The van der Waals surface area contributed by atoms with Crippen molar-refractivity contribution in [2.45, 2.75) is 46.1 Å². The minimum absolute atomic E-state index is 0.136. The molecule has 1 aromatic carbocycles. The van der Waals surface area contributed by atoms with Gasteiger partial charge in [-0.05, 0) is 47.9 Å². The molecule has 1 amide bonds. The summed E-state index contributed by atoms with van der Waals surface area (Å²) in [5.74, 6) is 0.857. The molecule has 0 radical (unpaired) electrons. The Kier molecular flexibility index (Phi) is 3.33. The first-order chi connectivity index (χ1) is 9.51. The van der Waals surface area contributed by atoms with Gasteiger partial charge in [0.25, 0.3) is 0 Å². The Balaban J connectivity index is 1.87. The van der Waals surface area contributed by atoms with Crippen molar-refractivity contribution < 1.29 is 4.79 Å². The second-order valence-corrected chi connectivity index (χ2v) is 6.80. The van der Waals surface area contributed by atoms with Crippen LogP contribution in [0.15, 0.2) is 18.2 Å². The molecule has 1 heterocycles. The van der Waals surface area contributed by atoms with Gasteiger partial charge in [-0.1, -0.05) is 32.9 Å². The van der Waals surface area contributed by atoms with Gasteiger partial charge < -0.3 is 10.6 Å². The van der Waals surface area contributed by atoms with Crippen LogP contribution in [0.4, 0.5) is 5.69 Å². The summed E-state index contributed by atoms with van der Waals surface area (Å²) in [6.45, 7) is 7.85. The highest BCUT2D eigenvalue weighted by Gasteiger charge is 2.50. The molecule has 1 fully saturated rings. The van der Waals surface area contributed by atoms with Gasteiger partial charge in [0.1, 0.15) is 0 Å². The molecule has 108 valence electrons. The smallest absolute Gasteiger partial charge is 0.224 e. The molecule has 2 aliphatic rings. The quantitative estimate of drug-likeness (QED) is 0.883. The molecule has 3 heteroatoms. The van der Waals surface area contributed by atoms with Crippen molar-refractivity contribution in [1.82, 2.24) is 5.32 Å². The third-order valence-electron chi connectivity index (χ3n) is 4.80. The number of rotatable bonds is 4. The zero-order valence-electron chi connectivity index (χ0n) is 12.6. The molecule has 0 aromatic heterocycles. The number of hydrogen-bond acceptors (Lipinski definition) is 2. The van der Waals surface area contributed by atoms with E-state index in [1.54, 1.807) is 0 Å². The van der Waals surface area contributed by atoms with Gasteiger partial charge in [0.05, 0.1) is 0 Å². The molecule has 3 nitrogen and oxygen atoms in total. The van der Waals surface area contributed by atoms with E-state index in [1.165, 1.54) is 17.5 Å². The normalized spacial score (nSPS) is 24.8. The fourth-order valence-electron chi connectivity index (χ4n) is 3.39. The lowest BCUT2D eigenvalue weighted by Crippen LogP contribution is -2.25. The Morgan fingerprint density at radius 1 is 1.40 bits per heavy atom. The van der Waals surface area contributed by atoms with E-state index in [0.717, 1.165) is 24.6 Å². The highest BCUT2D eigenvalue weighted by Crippen LogP contribution is 2.57. The van der Waals surface area contributed by atoms with Crippen LogP contribution in [-0.4, -0.2) is 12.5 Å². The minimum atomic E-state index is 0.136. The largest absolute Gasteiger partial charge is 0.326 e. The van der Waals surface area contributed by atoms with Crippen LogP contribution in [0.3, 0.4) is 0 Å². The maximum atomic E-state index is 11.4. The number of fused-ring (bicyclic) bond motifs is 1. The molecule has 1 aromatic rings. The number of benzene rings is 1. The SMILES string of the molecule is CCNC(c1ccc2c(c1)CCC(=O)N2)C1CC1(C)C. The molecule has 0 bridgehead atoms. The second-order valence-electron chi connectivity index (χ2n) is 6.80. The van der Waals surface area contributed by atoms with Crippen molar-refractivity contribution in [2.75, 3.05) is 11.9 Å². The van der Waals surface area contributed by atoms with Gasteiger partial charge in [0.15, 0.2) is 0 Å². The van der Waals surface area contributed by atoms with Crippen LogP contribution in [-0.2, 0) is 11.2 Å². The van der Waals surface area contributed by atoms with Crippen molar-refractivity contribution in [3.63, 3.8) is 0 Å². The molecule has 2 atom stereocenters. The first-order valence-corrected chi connectivity index (χ1v) is 7.67. The van der Waals surface area contributed by atoms with Gasteiger partial charge >= 0.3 is 0 Å². The van der Waals surface area contributed by atoms with Gasteiger partial charge in [0, 0.05) is 18.2 Å². The Labute approximate surface area is 121 Å². The van der Waals surface area contributed by atoms with Crippen molar-refractivity contribution >= 4 is 11.6 Å². The van der Waals surface area contributed by atoms with Crippen LogP contribution in [0.2, 0.25) is 0 Å². The molecule has 0 saturated heterocycles. The van der Waals surface area contributed by atoms with Crippen molar-refractivity contribution in [3.05, 3.63) is 29.3 Å². The van der Waals surface area contributed by atoms with Gasteiger partial charge in [-0.15, -0.1) is 0 Å². The van der Waals surface area contributed by atoms with E-state index in [9.17, 15) is 4.79 Å². The van der Waals surface area contributed by atoms with E-state index in [-0.39, 0.29) is 5.91 Å². The number of hydrogen-bond donors (Lipinski definition) is 2. The molecule has 1 aliphatic carbocycles. The summed E-state index contributed by atoms with van der Waals surface area (Å²) >= 11 is 0. The third kappa shape index (κ3) is 2.47. The maximum absolute atomic E-state index is 11.4. The summed E-state index contributed by atoms with van der Waals surface area (Å²) in [5, 5.41) is 6.60. The Bertz CT molecular complexity index is 536. The lowest BCUT2D eigenvalue weighted by atomic mass is 9.93. The summed E-state index contributed by atoms with van der Waals surface area (Å²) in [6.07, 6.45) is 2.76. The van der Waals surface area contributed by atoms with Crippen molar-refractivity contribution in [3.8, 4) is 0 Å². The van der Waals surface area contributed by atoms with E-state index in [2.05, 4.69) is 49.6 Å². The number of carbonyl (C=O) groups excluding carboxylic acids is 1. The predicted molar refractivity (Wildman–Crippen MR) is 81.7 cm³/mol. The van der Waals surface area contributed by atoms with Crippen LogP contribution < -0.4 is 10.6 Å². The Morgan fingerprint density at radius 3 is 2.80 bits per heavy atom. The molecule has 2 N–H and O–H groups in total. The number of aryl methyl sites for hydroxylation is 1. The minimum Gasteiger partial charge on any atom is -0.326 e. The van der Waals surface area contributed by atoms with Gasteiger partial charge in [-0.3, -0.25) is 4.79 Å². The van der Waals surface area contributed by atoms with E-state index < -0.39 is 0 Å². The van der Waals surface area contributed by atoms with Crippen LogP contribution >= 0.6 is 0 Å². The molecule has 0 spiro atoms. The van der Waals surface area contributed by atoms with E-state index in [1.807, 2.05) is 0 Å². The summed E-state index contributed by atoms with van der Waals surface area (Å²) in [6, 6.07) is 6.97. The average molecular weight is 272 g/mol. The highest BCUT2D eigenvalue weighted by atomic mass is 16.1. The van der Waals surface area contributed by atoms with E-state index in [0.29, 0.717) is 17.9 Å². The third-order valence-corrected chi connectivity index (χ3v) is 4.80. The number of nitrogens with one attached hydrogen (secondary N) is 2. The monoisotopic (exact) mass is 272 g/mol. The highest BCUT2D eigenvalue weighted by molar-refractivity contribution is 5.93. The summed E-state index contributed by atoms with van der Waals surface area (Å²) in [5.41, 5.74) is 4.10.